The number of rotatable bonds is 4. The van der Waals surface area contributed by atoms with Gasteiger partial charge in [-0.3, -0.25) is 0 Å². The molecule has 0 radical (unpaired) electrons. The molecule has 55 heavy (non-hydrogen) atoms. The zero-order chi connectivity index (χ0) is 37.7. The zero-order valence-electron chi connectivity index (χ0n) is 32.6. The van der Waals surface area contributed by atoms with Gasteiger partial charge >= 0.3 is 0 Å². The Kier molecular flexibility index (Phi) is 7.26. The lowest BCUT2D eigenvalue weighted by molar-refractivity contribution is 0.622. The zero-order valence-corrected chi connectivity index (χ0v) is 32.6. The Balaban J connectivity index is 0.935. The van der Waals surface area contributed by atoms with Gasteiger partial charge in [0.2, 0.25) is 0 Å². The van der Waals surface area contributed by atoms with Crippen LogP contribution < -0.4 is 9.80 Å². The van der Waals surface area contributed by atoms with Crippen LogP contribution in [0.3, 0.4) is 0 Å². The summed E-state index contributed by atoms with van der Waals surface area (Å²) >= 11 is 0. The quantitative estimate of drug-likeness (QED) is 0.133. The van der Waals surface area contributed by atoms with Crippen molar-refractivity contribution in [3.05, 3.63) is 179 Å². The van der Waals surface area contributed by atoms with Crippen molar-refractivity contribution in [3.8, 4) is 11.1 Å². The van der Waals surface area contributed by atoms with Crippen LogP contribution in [-0.2, 0) is 5.41 Å². The molecule has 2 nitrogen and oxygen atoms in total. The Morgan fingerprint density at radius 3 is 1.55 bits per heavy atom. The topological polar surface area (TPSA) is 6.48 Å². The molecule has 268 valence electrons. The number of hydrogen-bond acceptors (Lipinski definition) is 2. The van der Waals surface area contributed by atoms with E-state index < -0.39 is 0 Å². The van der Waals surface area contributed by atoms with E-state index in [4.69, 9.17) is 0 Å². The molecular formula is C53H46N2. The highest BCUT2D eigenvalue weighted by Crippen LogP contribution is 2.52. The second-order valence-electron chi connectivity index (χ2n) is 17.2. The smallest absolute Gasteiger partial charge is 0.0580 e. The number of fused-ring (bicyclic) bond motifs is 8. The van der Waals surface area contributed by atoms with Crippen LogP contribution in [0.4, 0.5) is 22.7 Å². The lowest BCUT2D eigenvalue weighted by Gasteiger charge is -2.42. The maximum atomic E-state index is 2.49. The van der Waals surface area contributed by atoms with Crippen molar-refractivity contribution >= 4 is 68.6 Å². The lowest BCUT2D eigenvalue weighted by atomic mass is 9.81. The molecule has 0 fully saturated rings. The van der Waals surface area contributed by atoms with Crippen LogP contribution >= 0.6 is 0 Å². The van der Waals surface area contributed by atoms with Gasteiger partial charge in [-0.1, -0.05) is 141 Å². The third-order valence-electron chi connectivity index (χ3n) is 12.4. The highest BCUT2D eigenvalue weighted by atomic mass is 15.2. The molecule has 0 spiro atoms. The Hall–Kier alpha value is -6.12. The molecule has 0 N–H and O–H groups in total. The maximum Gasteiger partial charge on any atom is 0.0580 e. The van der Waals surface area contributed by atoms with Crippen molar-refractivity contribution in [1.82, 2.24) is 0 Å². The van der Waals surface area contributed by atoms with E-state index in [0.717, 1.165) is 0 Å². The average Bonchev–Trinajstić information content (AvgIpc) is 3.40. The number of hydrogen-bond donors (Lipinski definition) is 0. The molecule has 0 saturated heterocycles. The van der Waals surface area contributed by atoms with Crippen LogP contribution in [-0.4, -0.2) is 11.1 Å². The summed E-state index contributed by atoms with van der Waals surface area (Å²) in [5.74, 6) is 0. The summed E-state index contributed by atoms with van der Waals surface area (Å²) in [6.45, 7) is 13.9. The van der Waals surface area contributed by atoms with Gasteiger partial charge in [-0.25, -0.2) is 0 Å². The largest absolute Gasteiger partial charge is 0.332 e. The normalized spacial score (nSPS) is 17.1. The molecule has 10 rings (SSSR count). The number of nitrogens with zero attached hydrogens (tertiary/aromatic N) is 2. The van der Waals surface area contributed by atoms with Crippen LogP contribution in [0, 0.1) is 0 Å². The van der Waals surface area contributed by atoms with Gasteiger partial charge in [0.05, 0.1) is 11.1 Å². The molecule has 2 heteroatoms. The van der Waals surface area contributed by atoms with Gasteiger partial charge in [0.15, 0.2) is 0 Å². The fourth-order valence-corrected chi connectivity index (χ4v) is 9.46. The summed E-state index contributed by atoms with van der Waals surface area (Å²) < 4.78 is 0. The molecular weight excluding hydrogens is 665 g/mol. The van der Waals surface area contributed by atoms with Crippen molar-refractivity contribution in [2.75, 3.05) is 9.80 Å². The summed E-state index contributed by atoms with van der Waals surface area (Å²) in [4.78, 5) is 4.95. The first-order valence-corrected chi connectivity index (χ1v) is 19.6. The van der Waals surface area contributed by atoms with Crippen molar-refractivity contribution in [1.29, 1.82) is 0 Å². The van der Waals surface area contributed by atoms with Gasteiger partial charge < -0.3 is 9.80 Å². The highest BCUT2D eigenvalue weighted by molar-refractivity contribution is 6.09. The van der Waals surface area contributed by atoms with E-state index in [1.165, 1.54) is 88.8 Å². The van der Waals surface area contributed by atoms with Crippen molar-refractivity contribution in [2.24, 2.45) is 0 Å². The molecule has 0 bridgehead atoms. The Morgan fingerprint density at radius 2 is 0.909 bits per heavy atom. The summed E-state index contributed by atoms with van der Waals surface area (Å²) in [7, 11) is 0. The van der Waals surface area contributed by atoms with E-state index in [1.54, 1.807) is 0 Å². The predicted molar refractivity (Wildman–Crippen MR) is 238 cm³/mol. The summed E-state index contributed by atoms with van der Waals surface area (Å²) in [5, 5.41) is 5.07. The summed E-state index contributed by atoms with van der Waals surface area (Å²) in [6, 6.07) is 49.8. The van der Waals surface area contributed by atoms with Crippen molar-refractivity contribution in [3.63, 3.8) is 0 Å². The molecule has 0 aromatic heterocycles. The number of anilines is 4. The summed E-state index contributed by atoms with van der Waals surface area (Å²) in [6.07, 6.45) is 13.7. The van der Waals surface area contributed by atoms with E-state index in [2.05, 4.69) is 221 Å². The second-order valence-corrected chi connectivity index (χ2v) is 17.2. The maximum absolute atomic E-state index is 2.49. The van der Waals surface area contributed by atoms with Crippen molar-refractivity contribution in [2.45, 2.75) is 58.0 Å². The van der Waals surface area contributed by atoms with Gasteiger partial charge in [0.1, 0.15) is 0 Å². The van der Waals surface area contributed by atoms with Gasteiger partial charge in [-0.2, -0.15) is 0 Å². The average molecular weight is 711 g/mol. The monoisotopic (exact) mass is 710 g/mol. The van der Waals surface area contributed by atoms with Crippen molar-refractivity contribution < 1.29 is 0 Å². The predicted octanol–water partition coefficient (Wildman–Crippen LogP) is 14.4. The molecule has 0 unspecified atom stereocenters. The molecule has 0 saturated carbocycles. The first-order valence-electron chi connectivity index (χ1n) is 19.6. The molecule has 3 aliphatic rings. The van der Waals surface area contributed by atoms with Crippen LogP contribution in [0.25, 0.3) is 57.0 Å². The third-order valence-corrected chi connectivity index (χ3v) is 12.4. The Morgan fingerprint density at radius 1 is 0.436 bits per heavy atom. The van der Waals surface area contributed by atoms with Gasteiger partial charge in [0, 0.05) is 28.2 Å². The number of para-hydroxylation sites is 2. The van der Waals surface area contributed by atoms with E-state index in [9.17, 15) is 0 Å². The van der Waals surface area contributed by atoms with E-state index in [0.29, 0.717) is 0 Å². The first-order chi connectivity index (χ1) is 26.5. The third kappa shape index (κ3) is 5.30. The standard InChI is InChI=1S/C53H46N2/c1-51(2)29-27-37-11-7-9-13-49(37)54(51)41-21-25-44-40(33-41)20-19-39-31-35(17-23-43(39)44)15-16-36-18-24-45-46-26-22-42(34-48(46)53(5,6)47(45)32-36)55-50-14-10-8-12-38(50)28-30-52(55,3)4/h7-34H,1-6H3. The molecule has 1 aliphatic carbocycles. The van der Waals surface area contributed by atoms with Gasteiger partial charge in [0.25, 0.3) is 0 Å². The van der Waals surface area contributed by atoms with E-state index in [-0.39, 0.29) is 16.5 Å². The molecule has 2 aliphatic heterocycles. The fraction of sp³-hybridized carbons (Fsp3) is 0.170. The molecule has 0 amide bonds. The van der Waals surface area contributed by atoms with Crippen LogP contribution in [0.2, 0.25) is 0 Å². The minimum Gasteiger partial charge on any atom is -0.332 e. The fourth-order valence-electron chi connectivity index (χ4n) is 9.46. The van der Waals surface area contributed by atoms with Crippen LogP contribution in [0.15, 0.2) is 146 Å². The highest BCUT2D eigenvalue weighted by Gasteiger charge is 2.38. The minimum atomic E-state index is -0.134. The molecule has 0 atom stereocenters. The van der Waals surface area contributed by atoms with Crippen LogP contribution in [0.1, 0.15) is 74.9 Å². The minimum absolute atomic E-state index is 0.118. The van der Waals surface area contributed by atoms with Gasteiger partial charge in [-0.05, 0) is 136 Å². The van der Waals surface area contributed by atoms with Crippen LogP contribution in [0.5, 0.6) is 0 Å². The second kappa shape index (κ2) is 11.9. The molecule has 7 aromatic carbocycles. The molecule has 2 heterocycles. The Labute approximate surface area is 325 Å². The lowest BCUT2D eigenvalue weighted by Crippen LogP contribution is -2.40. The van der Waals surface area contributed by atoms with Gasteiger partial charge in [-0.15, -0.1) is 0 Å². The SMILES string of the molecule is CC1(C)c2cc(C=Cc3ccc4c(ccc5cc(N6c7ccccc7C=CC6(C)C)ccc54)c3)ccc2-c2ccc(N3c4ccccc4C=CC3(C)C)cc21. The first kappa shape index (κ1) is 33.4. The number of benzene rings is 7. The Bertz CT molecular complexity index is 2810. The van der Waals surface area contributed by atoms with E-state index in [1.807, 2.05) is 0 Å². The van der Waals surface area contributed by atoms with E-state index >= 15 is 0 Å². The summed E-state index contributed by atoms with van der Waals surface area (Å²) in [5.41, 5.74) is 15.0. The molecule has 7 aromatic rings.